The van der Waals surface area contributed by atoms with Gasteiger partial charge in [0.05, 0.1) is 6.54 Å². The molecule has 112 valence electrons. The Labute approximate surface area is 134 Å². The maximum absolute atomic E-state index is 12.1. The number of hydrogen-bond acceptors (Lipinski definition) is 3. The molecule has 0 aliphatic carbocycles. The van der Waals surface area contributed by atoms with Gasteiger partial charge in [-0.05, 0) is 35.2 Å². The zero-order valence-corrected chi connectivity index (χ0v) is 13.5. The van der Waals surface area contributed by atoms with Gasteiger partial charge in [0.15, 0.2) is 0 Å². The van der Waals surface area contributed by atoms with Crippen LogP contribution in [0.3, 0.4) is 0 Å². The standard InChI is InChI=1S/C18H18N2OS/c1-17(2)14-7-3-4-8-15(14)20-12-16(21)19-18(17,20)10-9-13-6-5-11-22-13/h3-11H,12H2,1-2H3,(H,19,21)/b10-9+/t18-/m1/s1. The lowest BCUT2D eigenvalue weighted by molar-refractivity contribution is -0.118. The first-order chi connectivity index (χ1) is 10.5. The molecule has 1 aromatic heterocycles. The largest absolute Gasteiger partial charge is 0.335 e. The average molecular weight is 310 g/mol. The molecule has 4 heteroatoms. The van der Waals surface area contributed by atoms with Gasteiger partial charge in [-0.3, -0.25) is 4.79 Å². The van der Waals surface area contributed by atoms with Crippen LogP contribution >= 0.6 is 11.3 Å². The van der Waals surface area contributed by atoms with Crippen LogP contribution in [0.25, 0.3) is 6.08 Å². The van der Waals surface area contributed by atoms with Gasteiger partial charge in [-0.15, -0.1) is 11.3 Å². The zero-order chi connectivity index (χ0) is 15.4. The van der Waals surface area contributed by atoms with Crippen molar-refractivity contribution >= 4 is 29.0 Å². The van der Waals surface area contributed by atoms with E-state index < -0.39 is 5.66 Å². The highest BCUT2D eigenvalue weighted by atomic mass is 32.1. The van der Waals surface area contributed by atoms with Crippen LogP contribution in [0.2, 0.25) is 0 Å². The normalized spacial score (nSPS) is 25.4. The molecular weight excluding hydrogens is 292 g/mol. The fraction of sp³-hybridized carbons (Fsp3) is 0.278. The summed E-state index contributed by atoms with van der Waals surface area (Å²) < 4.78 is 0. The van der Waals surface area contributed by atoms with E-state index in [1.54, 1.807) is 11.3 Å². The van der Waals surface area contributed by atoms with Gasteiger partial charge >= 0.3 is 0 Å². The fourth-order valence-electron chi connectivity index (χ4n) is 3.73. The Morgan fingerprint density at radius 2 is 2.05 bits per heavy atom. The summed E-state index contributed by atoms with van der Waals surface area (Å²) in [7, 11) is 0. The number of fused-ring (bicyclic) bond motifs is 3. The molecule has 1 fully saturated rings. The Kier molecular flexibility index (Phi) is 2.76. The summed E-state index contributed by atoms with van der Waals surface area (Å²) in [6.45, 7) is 4.82. The number of amides is 1. The van der Waals surface area contributed by atoms with Gasteiger partial charge < -0.3 is 10.2 Å². The Hall–Kier alpha value is -2.07. The van der Waals surface area contributed by atoms with Crippen molar-refractivity contribution < 1.29 is 4.79 Å². The minimum atomic E-state index is -0.488. The maximum atomic E-state index is 12.1. The Morgan fingerprint density at radius 1 is 1.23 bits per heavy atom. The van der Waals surface area contributed by atoms with Gasteiger partial charge in [0.25, 0.3) is 0 Å². The van der Waals surface area contributed by atoms with Gasteiger partial charge in [-0.25, -0.2) is 0 Å². The molecule has 1 N–H and O–H groups in total. The Balaban J connectivity index is 1.87. The molecule has 1 aromatic carbocycles. The number of hydrogen-bond donors (Lipinski definition) is 1. The molecule has 0 unspecified atom stereocenters. The smallest absolute Gasteiger partial charge is 0.241 e. The second-order valence-corrected chi connectivity index (χ2v) is 7.37. The number of anilines is 1. The molecule has 1 atom stereocenters. The molecule has 22 heavy (non-hydrogen) atoms. The van der Waals surface area contributed by atoms with Crippen molar-refractivity contribution in [1.29, 1.82) is 0 Å². The Morgan fingerprint density at radius 3 is 2.82 bits per heavy atom. The van der Waals surface area contributed by atoms with E-state index in [-0.39, 0.29) is 11.3 Å². The third-order valence-electron chi connectivity index (χ3n) is 4.91. The fourth-order valence-corrected chi connectivity index (χ4v) is 4.35. The second kappa shape index (κ2) is 4.46. The molecule has 2 aliphatic heterocycles. The lowest BCUT2D eigenvalue weighted by atomic mass is 9.75. The number of thiophene rings is 1. The highest BCUT2D eigenvalue weighted by molar-refractivity contribution is 7.10. The van der Waals surface area contributed by atoms with E-state index in [9.17, 15) is 4.79 Å². The summed E-state index contributed by atoms with van der Waals surface area (Å²) in [6.07, 6.45) is 4.28. The van der Waals surface area contributed by atoms with Crippen molar-refractivity contribution in [1.82, 2.24) is 5.32 Å². The summed E-state index contributed by atoms with van der Waals surface area (Å²) >= 11 is 1.70. The van der Waals surface area contributed by atoms with Crippen molar-refractivity contribution in [3.05, 3.63) is 58.3 Å². The molecule has 2 aromatic rings. The predicted octanol–water partition coefficient (Wildman–Crippen LogP) is 3.39. The summed E-state index contributed by atoms with van der Waals surface area (Å²) in [5.41, 5.74) is 1.76. The van der Waals surface area contributed by atoms with Crippen molar-refractivity contribution in [2.45, 2.75) is 24.9 Å². The molecule has 0 bridgehead atoms. The maximum Gasteiger partial charge on any atom is 0.241 e. The number of nitrogens with one attached hydrogen (secondary N) is 1. The molecule has 3 heterocycles. The SMILES string of the molecule is CC1(C)c2ccccc2N2CC(=O)N[C@]21/C=C/c1cccs1. The number of rotatable bonds is 2. The van der Waals surface area contributed by atoms with E-state index >= 15 is 0 Å². The first kappa shape index (κ1) is 13.6. The summed E-state index contributed by atoms with van der Waals surface area (Å²) in [5.74, 6) is 0.0819. The monoisotopic (exact) mass is 310 g/mol. The van der Waals surface area contributed by atoms with Gasteiger partial charge in [0, 0.05) is 16.0 Å². The Bertz CT molecular complexity index is 763. The minimum Gasteiger partial charge on any atom is -0.335 e. The number of nitrogens with zero attached hydrogens (tertiary/aromatic N) is 1. The summed E-state index contributed by atoms with van der Waals surface area (Å²) in [6, 6.07) is 12.5. The van der Waals surface area contributed by atoms with E-state index in [1.807, 2.05) is 12.1 Å². The molecule has 4 rings (SSSR count). The molecule has 1 amide bonds. The molecular formula is C18H18N2OS. The number of benzene rings is 1. The minimum absolute atomic E-state index is 0.0819. The van der Waals surface area contributed by atoms with Crippen LogP contribution in [-0.4, -0.2) is 18.1 Å². The number of para-hydroxylation sites is 1. The summed E-state index contributed by atoms with van der Waals surface area (Å²) in [5, 5.41) is 5.30. The lowest BCUT2D eigenvalue weighted by Gasteiger charge is -2.40. The van der Waals surface area contributed by atoms with Crippen LogP contribution in [-0.2, 0) is 10.2 Å². The quantitative estimate of drug-likeness (QED) is 0.922. The number of carbonyl (C=O) groups excluding carboxylic acids is 1. The second-order valence-electron chi connectivity index (χ2n) is 6.39. The van der Waals surface area contributed by atoms with E-state index in [4.69, 9.17) is 0 Å². The number of carbonyl (C=O) groups is 1. The van der Waals surface area contributed by atoms with Crippen LogP contribution in [0.4, 0.5) is 5.69 Å². The van der Waals surface area contributed by atoms with Crippen LogP contribution in [0.1, 0.15) is 24.3 Å². The zero-order valence-electron chi connectivity index (χ0n) is 12.7. The topological polar surface area (TPSA) is 32.3 Å². The van der Waals surface area contributed by atoms with Crippen LogP contribution in [0, 0.1) is 0 Å². The van der Waals surface area contributed by atoms with E-state index in [0.29, 0.717) is 6.54 Å². The van der Waals surface area contributed by atoms with E-state index in [1.165, 1.54) is 10.4 Å². The highest BCUT2D eigenvalue weighted by Crippen LogP contribution is 2.52. The molecule has 3 nitrogen and oxygen atoms in total. The predicted molar refractivity (Wildman–Crippen MR) is 91.0 cm³/mol. The van der Waals surface area contributed by atoms with Crippen LogP contribution in [0.5, 0.6) is 0 Å². The van der Waals surface area contributed by atoms with E-state index in [2.05, 4.69) is 65.9 Å². The lowest BCUT2D eigenvalue weighted by Crippen LogP contribution is -2.58. The van der Waals surface area contributed by atoms with Gasteiger partial charge in [0.1, 0.15) is 5.66 Å². The van der Waals surface area contributed by atoms with Crippen molar-refractivity contribution in [2.75, 3.05) is 11.4 Å². The van der Waals surface area contributed by atoms with Gasteiger partial charge in [0.2, 0.25) is 5.91 Å². The first-order valence-corrected chi connectivity index (χ1v) is 8.33. The van der Waals surface area contributed by atoms with E-state index in [0.717, 1.165) is 5.69 Å². The van der Waals surface area contributed by atoms with Crippen molar-refractivity contribution in [2.24, 2.45) is 0 Å². The third-order valence-corrected chi connectivity index (χ3v) is 5.75. The van der Waals surface area contributed by atoms with Crippen LogP contribution < -0.4 is 10.2 Å². The average Bonchev–Trinajstić information content (AvgIpc) is 3.16. The van der Waals surface area contributed by atoms with Crippen molar-refractivity contribution in [3.8, 4) is 0 Å². The third kappa shape index (κ3) is 1.64. The van der Waals surface area contributed by atoms with Crippen LogP contribution in [0.15, 0.2) is 47.9 Å². The molecule has 0 saturated carbocycles. The summed E-state index contributed by atoms with van der Waals surface area (Å²) in [4.78, 5) is 15.5. The first-order valence-electron chi connectivity index (χ1n) is 7.45. The molecule has 0 spiro atoms. The molecule has 2 aliphatic rings. The van der Waals surface area contributed by atoms with Gasteiger partial charge in [-0.2, -0.15) is 0 Å². The highest BCUT2D eigenvalue weighted by Gasteiger charge is 2.59. The molecule has 0 radical (unpaired) electrons. The van der Waals surface area contributed by atoms with Gasteiger partial charge in [-0.1, -0.05) is 38.1 Å². The van der Waals surface area contributed by atoms with Crippen molar-refractivity contribution in [3.63, 3.8) is 0 Å². The molecule has 1 saturated heterocycles.